The van der Waals surface area contributed by atoms with Crippen LogP contribution >= 0.6 is 11.8 Å². The molecule has 3 heterocycles. The van der Waals surface area contributed by atoms with Crippen molar-refractivity contribution in [3.8, 4) is 0 Å². The predicted molar refractivity (Wildman–Crippen MR) is 137 cm³/mol. The van der Waals surface area contributed by atoms with E-state index in [2.05, 4.69) is 6.92 Å². The van der Waals surface area contributed by atoms with Gasteiger partial charge >= 0.3 is 5.97 Å². The van der Waals surface area contributed by atoms with Crippen LogP contribution in [0.5, 0.6) is 0 Å². The van der Waals surface area contributed by atoms with Crippen LogP contribution in [0.1, 0.15) is 71.1 Å². The molecule has 1 aliphatic carbocycles. The number of hydrogen-bond donors (Lipinski definition) is 1. The Hall–Kier alpha value is -1.96. The summed E-state index contributed by atoms with van der Waals surface area (Å²) in [6.45, 7) is 7.66. The highest BCUT2D eigenvalue weighted by atomic mass is 32.2. The van der Waals surface area contributed by atoms with Crippen LogP contribution in [0.2, 0.25) is 0 Å². The molecular formula is C26H41N3O4S. The summed E-state index contributed by atoms with van der Waals surface area (Å²) in [5.74, 6) is 0.620. The Balaban J connectivity index is 0.000000191. The number of aliphatic carboxylic acids is 1. The SMILES string of the molecule is CCCCCCCCCCCCSCC(=O)O.O=C1C=C(N2CC2)C(=O)C(N2CC2)=C1N1CC1. The third-order valence-corrected chi connectivity index (χ3v) is 7.38. The molecule has 0 bridgehead atoms. The number of nitrogens with zero attached hydrogens (tertiary/aromatic N) is 3. The van der Waals surface area contributed by atoms with Crippen molar-refractivity contribution in [3.05, 3.63) is 23.2 Å². The fourth-order valence-corrected chi connectivity index (χ4v) is 4.85. The summed E-state index contributed by atoms with van der Waals surface area (Å²) in [4.78, 5) is 40.7. The molecule has 8 heteroatoms. The van der Waals surface area contributed by atoms with Crippen LogP contribution < -0.4 is 0 Å². The quantitative estimate of drug-likeness (QED) is 0.198. The third kappa shape index (κ3) is 9.01. The highest BCUT2D eigenvalue weighted by molar-refractivity contribution is 7.99. The van der Waals surface area contributed by atoms with Gasteiger partial charge in [0.15, 0.2) is 0 Å². The van der Waals surface area contributed by atoms with Crippen molar-refractivity contribution in [1.29, 1.82) is 0 Å². The van der Waals surface area contributed by atoms with Crippen molar-refractivity contribution in [2.24, 2.45) is 0 Å². The van der Waals surface area contributed by atoms with Crippen molar-refractivity contribution in [1.82, 2.24) is 14.7 Å². The second-order valence-corrected chi connectivity index (χ2v) is 10.6. The van der Waals surface area contributed by atoms with Crippen LogP contribution in [0.15, 0.2) is 23.2 Å². The summed E-state index contributed by atoms with van der Waals surface area (Å²) in [5.41, 5.74) is 1.89. The lowest BCUT2D eigenvalue weighted by Gasteiger charge is -2.21. The molecule has 0 aromatic carbocycles. The van der Waals surface area contributed by atoms with Gasteiger partial charge in [-0.1, -0.05) is 64.7 Å². The molecule has 3 saturated heterocycles. The van der Waals surface area contributed by atoms with Crippen molar-refractivity contribution in [2.45, 2.75) is 71.1 Å². The predicted octanol–water partition coefficient (Wildman–Crippen LogP) is 3.91. The fourth-order valence-electron chi connectivity index (χ4n) is 4.13. The molecule has 0 spiro atoms. The molecule has 3 fully saturated rings. The molecule has 0 radical (unpaired) electrons. The largest absolute Gasteiger partial charge is 0.481 e. The Morgan fingerprint density at radius 3 is 1.79 bits per heavy atom. The molecule has 1 N–H and O–H groups in total. The van der Waals surface area contributed by atoms with Crippen molar-refractivity contribution >= 4 is 29.3 Å². The number of unbranched alkanes of at least 4 members (excludes halogenated alkanes) is 9. The van der Waals surface area contributed by atoms with E-state index in [1.54, 1.807) is 0 Å². The zero-order chi connectivity index (χ0) is 24.3. The maximum absolute atomic E-state index is 12.4. The standard InChI is InChI=1S/C14H28O2S.C12H13N3O2/c1-2-3-4-5-6-7-8-9-10-11-12-17-13-14(15)16;16-9-7-8(13-1-2-13)12(17)11(15-5-6-15)10(9)14-3-4-14/h2-13H2,1H3,(H,15,16);7H,1-6H2. The van der Waals surface area contributed by atoms with Gasteiger partial charge in [-0.2, -0.15) is 11.8 Å². The second kappa shape index (κ2) is 13.8. The number of rotatable bonds is 16. The molecule has 3 aliphatic heterocycles. The summed E-state index contributed by atoms with van der Waals surface area (Å²) in [6.07, 6.45) is 14.9. The number of Topliss-reactive ketones (excluding diaryl/α,β-unsaturated/α-hetero) is 1. The van der Waals surface area contributed by atoms with E-state index in [1.165, 1.54) is 82.0 Å². The third-order valence-electron chi connectivity index (χ3n) is 6.36. The van der Waals surface area contributed by atoms with Gasteiger partial charge in [-0.25, -0.2) is 0 Å². The molecule has 4 aliphatic rings. The number of carbonyl (C=O) groups excluding carboxylic acids is 2. The lowest BCUT2D eigenvalue weighted by molar-refractivity contribution is -0.134. The molecule has 0 saturated carbocycles. The number of carboxylic acid groups (broad SMARTS) is 1. The van der Waals surface area contributed by atoms with E-state index in [4.69, 9.17) is 5.11 Å². The van der Waals surface area contributed by atoms with E-state index in [1.807, 2.05) is 14.7 Å². The zero-order valence-electron chi connectivity index (χ0n) is 20.7. The molecule has 4 rings (SSSR count). The van der Waals surface area contributed by atoms with E-state index >= 15 is 0 Å². The summed E-state index contributed by atoms with van der Waals surface area (Å²) >= 11 is 1.54. The van der Waals surface area contributed by atoms with Gasteiger partial charge in [-0.05, 0) is 12.2 Å². The molecule has 0 aromatic rings. The zero-order valence-corrected chi connectivity index (χ0v) is 21.5. The normalized spacial score (nSPS) is 18.6. The monoisotopic (exact) mass is 491 g/mol. The first-order chi connectivity index (χ1) is 16.5. The first-order valence-electron chi connectivity index (χ1n) is 13.1. The van der Waals surface area contributed by atoms with E-state index in [9.17, 15) is 14.4 Å². The average Bonchev–Trinajstić information content (AvgIpc) is 3.63. The minimum atomic E-state index is -0.693. The van der Waals surface area contributed by atoms with Crippen LogP contribution in [0.4, 0.5) is 0 Å². The summed E-state index contributed by atoms with van der Waals surface area (Å²) in [6, 6.07) is 0. The van der Waals surface area contributed by atoms with Crippen molar-refractivity contribution < 1.29 is 19.5 Å². The van der Waals surface area contributed by atoms with Gasteiger partial charge in [0, 0.05) is 45.3 Å². The number of carboxylic acids is 1. The first-order valence-corrected chi connectivity index (χ1v) is 14.3. The van der Waals surface area contributed by atoms with Crippen molar-refractivity contribution in [2.75, 3.05) is 50.8 Å². The smallest absolute Gasteiger partial charge is 0.313 e. The number of thioether (sulfide) groups is 1. The molecule has 190 valence electrons. The van der Waals surface area contributed by atoms with E-state index < -0.39 is 5.97 Å². The van der Waals surface area contributed by atoms with Crippen LogP contribution in [0.25, 0.3) is 0 Å². The van der Waals surface area contributed by atoms with Gasteiger partial charge in [0.1, 0.15) is 11.4 Å². The summed E-state index contributed by atoms with van der Waals surface area (Å²) in [5, 5.41) is 8.45. The Kier molecular flexibility index (Phi) is 10.8. The second-order valence-electron chi connectivity index (χ2n) is 9.51. The summed E-state index contributed by atoms with van der Waals surface area (Å²) < 4.78 is 0. The lowest BCUT2D eigenvalue weighted by atomic mass is 10.0. The van der Waals surface area contributed by atoms with Gasteiger partial charge in [0.2, 0.25) is 11.6 Å². The van der Waals surface area contributed by atoms with Crippen molar-refractivity contribution in [3.63, 3.8) is 0 Å². The molecule has 0 atom stereocenters. The number of allylic oxidation sites excluding steroid dienone is 1. The number of hydrogen-bond acceptors (Lipinski definition) is 7. The van der Waals surface area contributed by atoms with Gasteiger partial charge in [-0.15, -0.1) is 0 Å². The van der Waals surface area contributed by atoms with Crippen LogP contribution in [-0.2, 0) is 14.4 Å². The molecular weight excluding hydrogens is 450 g/mol. The van der Waals surface area contributed by atoms with Crippen LogP contribution in [0, 0.1) is 0 Å². The lowest BCUT2D eigenvalue weighted by Crippen LogP contribution is -2.29. The van der Waals surface area contributed by atoms with Gasteiger partial charge in [0.25, 0.3) is 0 Å². The molecule has 0 aromatic heterocycles. The van der Waals surface area contributed by atoms with E-state index in [0.29, 0.717) is 17.1 Å². The maximum Gasteiger partial charge on any atom is 0.313 e. The minimum absolute atomic E-state index is 0.00546. The molecule has 0 unspecified atom stereocenters. The fraction of sp³-hybridized carbons (Fsp3) is 0.731. The highest BCUT2D eigenvalue weighted by Crippen LogP contribution is 2.33. The minimum Gasteiger partial charge on any atom is -0.481 e. The van der Waals surface area contributed by atoms with Crippen LogP contribution in [0.3, 0.4) is 0 Å². The Morgan fingerprint density at radius 1 is 0.794 bits per heavy atom. The number of ketones is 2. The average molecular weight is 492 g/mol. The molecule has 34 heavy (non-hydrogen) atoms. The first kappa shape index (κ1) is 26.6. The Labute approximate surface area is 208 Å². The topological polar surface area (TPSA) is 80.5 Å². The molecule has 7 nitrogen and oxygen atoms in total. The Bertz CT molecular complexity index is 783. The van der Waals surface area contributed by atoms with Gasteiger partial charge in [-0.3, -0.25) is 14.4 Å². The maximum atomic E-state index is 12.4. The van der Waals surface area contributed by atoms with Gasteiger partial charge < -0.3 is 19.8 Å². The van der Waals surface area contributed by atoms with Gasteiger partial charge in [0.05, 0.1) is 11.4 Å². The van der Waals surface area contributed by atoms with Crippen LogP contribution in [-0.4, -0.2) is 88.1 Å². The number of carbonyl (C=O) groups is 3. The summed E-state index contributed by atoms with van der Waals surface area (Å²) in [7, 11) is 0. The highest BCUT2D eigenvalue weighted by Gasteiger charge is 2.43. The molecule has 0 amide bonds. The van der Waals surface area contributed by atoms with E-state index in [-0.39, 0.29) is 17.3 Å². The van der Waals surface area contributed by atoms with E-state index in [0.717, 1.165) is 45.0 Å². The Morgan fingerprint density at radius 2 is 1.29 bits per heavy atom.